The number of halogens is 1. The zero-order valence-electron chi connectivity index (χ0n) is 14.1. The van der Waals surface area contributed by atoms with Crippen molar-refractivity contribution in [1.29, 1.82) is 0 Å². The number of hydrogen-bond donors (Lipinski definition) is 2. The Labute approximate surface area is 155 Å². The summed E-state index contributed by atoms with van der Waals surface area (Å²) in [4.78, 5) is 28.6. The summed E-state index contributed by atoms with van der Waals surface area (Å²) in [7, 11) is 0. The van der Waals surface area contributed by atoms with E-state index in [2.05, 4.69) is 31.5 Å². The number of ether oxygens (including phenoxy) is 1. The summed E-state index contributed by atoms with van der Waals surface area (Å²) >= 11 is 3.29. The number of anilines is 2. The van der Waals surface area contributed by atoms with E-state index in [1.165, 1.54) is 0 Å². The molecule has 0 radical (unpaired) electrons. The average molecular weight is 406 g/mol. The third-order valence-electron chi connectivity index (χ3n) is 3.39. The van der Waals surface area contributed by atoms with Crippen molar-refractivity contribution < 1.29 is 14.3 Å². The average Bonchev–Trinajstić information content (AvgIpc) is 2.61. The van der Waals surface area contributed by atoms with Crippen LogP contribution in [0.25, 0.3) is 0 Å². The topological polar surface area (TPSA) is 80.3 Å². The molecule has 0 saturated heterocycles. The van der Waals surface area contributed by atoms with Crippen LogP contribution in [-0.4, -0.2) is 29.5 Å². The number of rotatable bonds is 7. The Balaban J connectivity index is 2.05. The third kappa shape index (κ3) is 5.65. The second-order valence-electron chi connectivity index (χ2n) is 5.24. The van der Waals surface area contributed by atoms with Crippen molar-refractivity contribution in [1.82, 2.24) is 4.98 Å². The summed E-state index contributed by atoms with van der Waals surface area (Å²) in [5.74, 6) is -0.0794. The van der Waals surface area contributed by atoms with Crippen LogP contribution in [0.5, 0.6) is 0 Å². The van der Waals surface area contributed by atoms with Gasteiger partial charge in [-0.05, 0) is 59.6 Å². The zero-order valence-corrected chi connectivity index (χ0v) is 15.7. The van der Waals surface area contributed by atoms with Gasteiger partial charge in [0.05, 0.1) is 0 Å². The summed E-state index contributed by atoms with van der Waals surface area (Å²) in [6.45, 7) is 4.20. The fraction of sp³-hybridized carbons (Fsp3) is 0.278. The lowest BCUT2D eigenvalue weighted by Crippen LogP contribution is -2.30. The smallest absolute Gasteiger partial charge is 0.256 e. The molecule has 1 unspecified atom stereocenters. The molecule has 2 rings (SSSR count). The van der Waals surface area contributed by atoms with Crippen LogP contribution in [0.15, 0.2) is 47.1 Å². The second-order valence-corrected chi connectivity index (χ2v) is 6.15. The fourth-order valence-electron chi connectivity index (χ4n) is 2.18. The number of benzene rings is 1. The molecule has 0 aliphatic heterocycles. The Hall–Kier alpha value is -2.25. The van der Waals surface area contributed by atoms with Crippen molar-refractivity contribution in [3.63, 3.8) is 0 Å². The molecule has 2 aromatic rings. The third-order valence-corrected chi connectivity index (χ3v) is 3.86. The molecule has 0 spiro atoms. The Kier molecular flexibility index (Phi) is 7.09. The van der Waals surface area contributed by atoms with E-state index in [9.17, 15) is 9.59 Å². The number of nitrogens with zero attached hydrogens (tertiary/aromatic N) is 1. The molecule has 2 N–H and O–H groups in total. The molecule has 6 nitrogen and oxygen atoms in total. The van der Waals surface area contributed by atoms with Gasteiger partial charge in [0.25, 0.3) is 11.8 Å². The van der Waals surface area contributed by atoms with Crippen LogP contribution in [0, 0.1) is 0 Å². The Morgan fingerprint density at radius 1 is 1.20 bits per heavy atom. The van der Waals surface area contributed by atoms with Gasteiger partial charge in [-0.2, -0.15) is 0 Å². The second kappa shape index (κ2) is 9.29. The quantitative estimate of drug-likeness (QED) is 0.732. The van der Waals surface area contributed by atoms with Gasteiger partial charge in [0, 0.05) is 28.5 Å². The number of nitrogens with one attached hydrogen (secondary N) is 2. The highest BCUT2D eigenvalue weighted by Crippen LogP contribution is 2.15. The molecule has 1 aromatic carbocycles. The van der Waals surface area contributed by atoms with Crippen LogP contribution in [0.4, 0.5) is 11.5 Å². The molecular weight excluding hydrogens is 386 g/mol. The Morgan fingerprint density at radius 3 is 2.64 bits per heavy atom. The molecule has 25 heavy (non-hydrogen) atoms. The van der Waals surface area contributed by atoms with Crippen molar-refractivity contribution in [2.45, 2.75) is 26.4 Å². The maximum atomic E-state index is 12.3. The molecule has 2 amide bonds. The van der Waals surface area contributed by atoms with E-state index in [-0.39, 0.29) is 11.8 Å². The number of carbonyl (C=O) groups excluding carboxylic acids is 2. The van der Waals surface area contributed by atoms with Gasteiger partial charge >= 0.3 is 0 Å². The van der Waals surface area contributed by atoms with Gasteiger partial charge in [0.15, 0.2) is 0 Å². The lowest BCUT2D eigenvalue weighted by atomic mass is 10.1. The van der Waals surface area contributed by atoms with E-state index in [1.807, 2.05) is 13.8 Å². The van der Waals surface area contributed by atoms with Crippen molar-refractivity contribution in [2.24, 2.45) is 0 Å². The molecule has 1 aromatic heterocycles. The van der Waals surface area contributed by atoms with E-state index in [0.29, 0.717) is 30.1 Å². The molecule has 0 aliphatic carbocycles. The van der Waals surface area contributed by atoms with Crippen LogP contribution in [0.3, 0.4) is 0 Å². The van der Waals surface area contributed by atoms with E-state index in [4.69, 9.17) is 4.74 Å². The lowest BCUT2D eigenvalue weighted by molar-refractivity contribution is -0.127. The van der Waals surface area contributed by atoms with Crippen molar-refractivity contribution >= 4 is 39.2 Å². The first-order chi connectivity index (χ1) is 12.0. The van der Waals surface area contributed by atoms with Gasteiger partial charge in [0.2, 0.25) is 0 Å². The first-order valence-corrected chi connectivity index (χ1v) is 8.78. The first-order valence-electron chi connectivity index (χ1n) is 7.99. The van der Waals surface area contributed by atoms with Gasteiger partial charge in [-0.1, -0.05) is 13.0 Å². The van der Waals surface area contributed by atoms with Crippen molar-refractivity contribution in [3.8, 4) is 0 Å². The maximum Gasteiger partial charge on any atom is 0.256 e. The SMILES string of the molecule is CCOC(CC)C(=O)Nc1cccc(C(=O)Nc2ccc(Br)cn2)c1. The lowest BCUT2D eigenvalue weighted by Gasteiger charge is -2.15. The highest BCUT2D eigenvalue weighted by Gasteiger charge is 2.17. The van der Waals surface area contributed by atoms with Gasteiger partial charge in [-0.25, -0.2) is 4.98 Å². The molecule has 1 heterocycles. The van der Waals surface area contributed by atoms with Crippen LogP contribution in [0.2, 0.25) is 0 Å². The summed E-state index contributed by atoms with van der Waals surface area (Å²) in [6.07, 6.45) is 1.68. The molecule has 0 saturated carbocycles. The number of aromatic nitrogens is 1. The molecule has 132 valence electrons. The summed E-state index contributed by atoms with van der Waals surface area (Å²) in [6, 6.07) is 10.2. The summed E-state index contributed by atoms with van der Waals surface area (Å²) in [5.41, 5.74) is 0.964. The number of hydrogen-bond acceptors (Lipinski definition) is 4. The summed E-state index contributed by atoms with van der Waals surface area (Å²) in [5, 5.41) is 5.49. The predicted molar refractivity (Wildman–Crippen MR) is 101 cm³/mol. The van der Waals surface area contributed by atoms with Crippen LogP contribution < -0.4 is 10.6 Å². The van der Waals surface area contributed by atoms with E-state index in [0.717, 1.165) is 4.47 Å². The van der Waals surface area contributed by atoms with E-state index >= 15 is 0 Å². The Bertz CT molecular complexity index is 735. The van der Waals surface area contributed by atoms with Gasteiger partial charge in [-0.15, -0.1) is 0 Å². The molecule has 0 bridgehead atoms. The number of pyridine rings is 1. The number of carbonyl (C=O) groups is 2. The summed E-state index contributed by atoms with van der Waals surface area (Å²) < 4.78 is 6.22. The largest absolute Gasteiger partial charge is 0.369 e. The maximum absolute atomic E-state index is 12.3. The molecular formula is C18H20BrN3O3. The highest BCUT2D eigenvalue weighted by molar-refractivity contribution is 9.10. The minimum absolute atomic E-state index is 0.225. The van der Waals surface area contributed by atoms with Gasteiger partial charge < -0.3 is 15.4 Å². The van der Waals surface area contributed by atoms with Gasteiger partial charge in [0.1, 0.15) is 11.9 Å². The highest BCUT2D eigenvalue weighted by atomic mass is 79.9. The van der Waals surface area contributed by atoms with Crippen LogP contribution in [0.1, 0.15) is 30.6 Å². The van der Waals surface area contributed by atoms with Crippen LogP contribution >= 0.6 is 15.9 Å². The van der Waals surface area contributed by atoms with Crippen molar-refractivity contribution in [2.75, 3.05) is 17.2 Å². The number of amides is 2. The minimum atomic E-state index is -0.505. The first kappa shape index (κ1) is 19.1. The molecule has 7 heteroatoms. The predicted octanol–water partition coefficient (Wildman–Crippen LogP) is 3.85. The zero-order chi connectivity index (χ0) is 18.2. The normalized spacial score (nSPS) is 11.6. The van der Waals surface area contributed by atoms with Gasteiger partial charge in [-0.3, -0.25) is 9.59 Å². The van der Waals surface area contributed by atoms with Crippen molar-refractivity contribution in [3.05, 3.63) is 52.6 Å². The van der Waals surface area contributed by atoms with E-state index < -0.39 is 6.10 Å². The monoisotopic (exact) mass is 405 g/mol. The standard InChI is InChI=1S/C18H20BrN3O3/c1-3-15(25-4-2)18(24)21-14-7-5-6-12(10-14)17(23)22-16-9-8-13(19)11-20-16/h5-11,15H,3-4H2,1-2H3,(H,21,24)(H,20,22,23). The molecule has 1 atom stereocenters. The molecule has 0 fully saturated rings. The molecule has 0 aliphatic rings. The Morgan fingerprint density at radius 2 is 2.00 bits per heavy atom. The minimum Gasteiger partial charge on any atom is -0.369 e. The fourth-order valence-corrected chi connectivity index (χ4v) is 2.41. The van der Waals surface area contributed by atoms with Crippen LogP contribution in [-0.2, 0) is 9.53 Å². The van der Waals surface area contributed by atoms with E-state index in [1.54, 1.807) is 42.6 Å².